The van der Waals surface area contributed by atoms with Crippen molar-refractivity contribution >= 4 is 34.0 Å². The highest BCUT2D eigenvalue weighted by atomic mass is 35.5. The lowest BCUT2D eigenvalue weighted by Crippen LogP contribution is -2.11. The molecule has 0 aliphatic heterocycles. The van der Waals surface area contributed by atoms with Crippen molar-refractivity contribution in [3.63, 3.8) is 0 Å². The van der Waals surface area contributed by atoms with E-state index in [4.69, 9.17) is 11.6 Å². The van der Waals surface area contributed by atoms with Gasteiger partial charge in [0.1, 0.15) is 17.4 Å². The van der Waals surface area contributed by atoms with Crippen LogP contribution in [0.1, 0.15) is 35.7 Å². The highest BCUT2D eigenvalue weighted by molar-refractivity contribution is 7.10. The summed E-state index contributed by atoms with van der Waals surface area (Å²) in [7, 11) is 0. The third-order valence-corrected chi connectivity index (χ3v) is 4.82. The van der Waals surface area contributed by atoms with Gasteiger partial charge in [0.25, 0.3) is 0 Å². The first-order valence-electron chi connectivity index (χ1n) is 6.79. The summed E-state index contributed by atoms with van der Waals surface area (Å²) in [6, 6.07) is 12.3. The molecule has 0 bridgehead atoms. The molecule has 0 spiro atoms. The standard InChI is InChI=1S/C16H14ClN3S/c1-2-12(14-7-4-8-21-14)20-13-6-3-5-11(10-18)16(13)19-15(20)9-17/h3-8,12H,2,9H2,1H3. The number of hydrogen-bond acceptors (Lipinski definition) is 3. The Labute approximate surface area is 132 Å². The molecule has 3 rings (SSSR count). The molecule has 1 unspecified atom stereocenters. The molecular formula is C16H14ClN3S. The molecule has 0 fully saturated rings. The number of imidazole rings is 1. The summed E-state index contributed by atoms with van der Waals surface area (Å²) in [5.41, 5.74) is 2.31. The number of alkyl halides is 1. The van der Waals surface area contributed by atoms with Crippen LogP contribution in [0.25, 0.3) is 11.0 Å². The zero-order valence-electron chi connectivity index (χ0n) is 11.6. The Morgan fingerprint density at radius 2 is 2.24 bits per heavy atom. The number of aromatic nitrogens is 2. The summed E-state index contributed by atoms with van der Waals surface area (Å²) in [5, 5.41) is 11.3. The number of rotatable bonds is 4. The minimum absolute atomic E-state index is 0.206. The molecule has 0 amide bonds. The van der Waals surface area contributed by atoms with E-state index in [1.54, 1.807) is 17.4 Å². The van der Waals surface area contributed by atoms with Gasteiger partial charge in [-0.3, -0.25) is 0 Å². The Balaban J connectivity index is 2.28. The predicted octanol–water partition coefficient (Wildman–Crippen LogP) is 4.71. The number of nitriles is 1. The van der Waals surface area contributed by atoms with Crippen molar-refractivity contribution in [2.45, 2.75) is 25.3 Å². The second-order valence-electron chi connectivity index (χ2n) is 4.76. The summed E-state index contributed by atoms with van der Waals surface area (Å²) < 4.78 is 2.18. The van der Waals surface area contributed by atoms with Gasteiger partial charge in [0.15, 0.2) is 0 Å². The van der Waals surface area contributed by atoms with Crippen LogP contribution in [-0.4, -0.2) is 9.55 Å². The molecule has 21 heavy (non-hydrogen) atoms. The van der Waals surface area contributed by atoms with Crippen LogP contribution in [0, 0.1) is 11.3 Å². The van der Waals surface area contributed by atoms with Crippen molar-refractivity contribution in [2.24, 2.45) is 0 Å². The average molecular weight is 316 g/mol. The van der Waals surface area contributed by atoms with Gasteiger partial charge in [-0.1, -0.05) is 19.1 Å². The summed E-state index contributed by atoms with van der Waals surface area (Å²) in [6.45, 7) is 2.16. The van der Waals surface area contributed by atoms with E-state index in [1.807, 2.05) is 12.1 Å². The van der Waals surface area contributed by atoms with E-state index in [-0.39, 0.29) is 6.04 Å². The quantitative estimate of drug-likeness (QED) is 0.654. The van der Waals surface area contributed by atoms with Crippen LogP contribution in [0.2, 0.25) is 0 Å². The highest BCUT2D eigenvalue weighted by Crippen LogP contribution is 2.32. The normalized spacial score (nSPS) is 12.4. The topological polar surface area (TPSA) is 41.6 Å². The second kappa shape index (κ2) is 5.88. The van der Waals surface area contributed by atoms with Crippen molar-refractivity contribution in [2.75, 3.05) is 0 Å². The predicted molar refractivity (Wildman–Crippen MR) is 86.8 cm³/mol. The molecule has 0 N–H and O–H groups in total. The first-order valence-corrected chi connectivity index (χ1v) is 8.20. The van der Waals surface area contributed by atoms with Crippen molar-refractivity contribution in [1.82, 2.24) is 9.55 Å². The van der Waals surface area contributed by atoms with E-state index in [0.29, 0.717) is 11.4 Å². The molecule has 5 heteroatoms. The van der Waals surface area contributed by atoms with Crippen molar-refractivity contribution in [3.8, 4) is 6.07 Å². The van der Waals surface area contributed by atoms with Gasteiger partial charge in [-0.25, -0.2) is 4.98 Å². The van der Waals surface area contributed by atoms with Crippen LogP contribution >= 0.6 is 22.9 Å². The maximum absolute atomic E-state index is 9.26. The second-order valence-corrected chi connectivity index (χ2v) is 6.00. The zero-order chi connectivity index (χ0) is 14.8. The van der Waals surface area contributed by atoms with Crippen molar-refractivity contribution in [3.05, 3.63) is 52.0 Å². The largest absolute Gasteiger partial charge is 0.318 e. The Morgan fingerprint density at radius 1 is 1.38 bits per heavy atom. The van der Waals surface area contributed by atoms with Gasteiger partial charge < -0.3 is 4.57 Å². The van der Waals surface area contributed by atoms with Crippen LogP contribution in [0.4, 0.5) is 0 Å². The zero-order valence-corrected chi connectivity index (χ0v) is 13.2. The molecule has 2 aromatic heterocycles. The summed E-state index contributed by atoms with van der Waals surface area (Å²) in [6.07, 6.45) is 0.951. The minimum atomic E-state index is 0.206. The monoisotopic (exact) mass is 315 g/mol. The van der Waals surface area contributed by atoms with Gasteiger partial charge in [0.2, 0.25) is 0 Å². The minimum Gasteiger partial charge on any atom is -0.318 e. The van der Waals surface area contributed by atoms with Crippen LogP contribution in [-0.2, 0) is 5.88 Å². The number of fused-ring (bicyclic) bond motifs is 1. The molecule has 0 radical (unpaired) electrons. The lowest BCUT2D eigenvalue weighted by atomic mass is 10.1. The Hall–Kier alpha value is -1.83. The summed E-state index contributed by atoms with van der Waals surface area (Å²) >= 11 is 7.83. The lowest BCUT2D eigenvalue weighted by molar-refractivity contribution is 0.574. The molecule has 3 aromatic rings. The van der Waals surface area contributed by atoms with E-state index >= 15 is 0 Å². The molecule has 3 nitrogen and oxygen atoms in total. The van der Waals surface area contributed by atoms with Crippen molar-refractivity contribution in [1.29, 1.82) is 5.26 Å². The molecule has 0 aliphatic carbocycles. The summed E-state index contributed by atoms with van der Waals surface area (Å²) in [4.78, 5) is 5.88. The Bertz CT molecular complexity index is 799. The molecule has 0 saturated heterocycles. The fourth-order valence-electron chi connectivity index (χ4n) is 2.69. The van der Waals surface area contributed by atoms with Crippen LogP contribution in [0.3, 0.4) is 0 Å². The third-order valence-electron chi connectivity index (χ3n) is 3.60. The molecule has 1 atom stereocenters. The maximum Gasteiger partial charge on any atom is 0.125 e. The number of benzene rings is 1. The molecule has 0 aliphatic rings. The maximum atomic E-state index is 9.26. The number of para-hydroxylation sites is 1. The van der Waals surface area contributed by atoms with Crippen LogP contribution in [0.5, 0.6) is 0 Å². The SMILES string of the molecule is CCC(c1cccs1)n1c(CCl)nc2c(C#N)cccc21. The van der Waals surface area contributed by atoms with E-state index in [2.05, 4.69) is 40.1 Å². The molecule has 1 aromatic carbocycles. The van der Waals surface area contributed by atoms with Gasteiger partial charge in [0, 0.05) is 4.88 Å². The molecule has 2 heterocycles. The number of halogens is 1. The molecule has 0 saturated carbocycles. The number of thiophene rings is 1. The number of hydrogen-bond donors (Lipinski definition) is 0. The fraction of sp³-hybridized carbons (Fsp3) is 0.250. The van der Waals surface area contributed by atoms with Gasteiger partial charge in [-0.05, 0) is 30.0 Å². The molecule has 106 valence electrons. The Morgan fingerprint density at radius 3 is 2.86 bits per heavy atom. The van der Waals surface area contributed by atoms with Gasteiger partial charge >= 0.3 is 0 Å². The third kappa shape index (κ3) is 2.33. The fourth-order valence-corrected chi connectivity index (χ4v) is 3.78. The van der Waals surface area contributed by atoms with Gasteiger partial charge in [-0.15, -0.1) is 22.9 Å². The number of nitrogens with zero attached hydrogens (tertiary/aromatic N) is 3. The summed E-state index contributed by atoms with van der Waals surface area (Å²) in [5.74, 6) is 1.15. The van der Waals surface area contributed by atoms with E-state index in [9.17, 15) is 5.26 Å². The smallest absolute Gasteiger partial charge is 0.125 e. The first-order chi connectivity index (χ1) is 10.3. The highest BCUT2D eigenvalue weighted by Gasteiger charge is 2.21. The average Bonchev–Trinajstić information content (AvgIpc) is 3.16. The van der Waals surface area contributed by atoms with Gasteiger partial charge in [0.05, 0.1) is 23.0 Å². The molecular weight excluding hydrogens is 302 g/mol. The van der Waals surface area contributed by atoms with Crippen LogP contribution in [0.15, 0.2) is 35.7 Å². The van der Waals surface area contributed by atoms with E-state index in [1.165, 1.54) is 4.88 Å². The van der Waals surface area contributed by atoms with Gasteiger partial charge in [-0.2, -0.15) is 5.26 Å². The Kier molecular flexibility index (Phi) is 3.96. The first kappa shape index (κ1) is 14.1. The van der Waals surface area contributed by atoms with E-state index < -0.39 is 0 Å². The van der Waals surface area contributed by atoms with Crippen LogP contribution < -0.4 is 0 Å². The van der Waals surface area contributed by atoms with Crippen molar-refractivity contribution < 1.29 is 0 Å². The lowest BCUT2D eigenvalue weighted by Gasteiger charge is -2.18. The van der Waals surface area contributed by atoms with E-state index in [0.717, 1.165) is 23.3 Å².